The van der Waals surface area contributed by atoms with Gasteiger partial charge in [0, 0.05) is 44.2 Å². The van der Waals surface area contributed by atoms with Crippen molar-refractivity contribution in [3.8, 4) is 0 Å². The first-order chi connectivity index (χ1) is 22.6. The van der Waals surface area contributed by atoms with Crippen LogP contribution in [0.4, 0.5) is 0 Å². The summed E-state index contributed by atoms with van der Waals surface area (Å²) in [6.07, 6.45) is 13.4. The first-order valence-corrected chi connectivity index (χ1v) is 19.1. The van der Waals surface area contributed by atoms with Gasteiger partial charge in [0.15, 0.2) is 6.10 Å². The molecule has 1 aliphatic heterocycles. The maximum Gasteiger partial charge on any atom is 0.306 e. The normalized spacial score (nSPS) is 19.3. The molecule has 0 bridgehead atoms. The fraction of sp³-hybridized carbons (Fsp3) is 0.895. The van der Waals surface area contributed by atoms with Gasteiger partial charge < -0.3 is 18.9 Å². The van der Waals surface area contributed by atoms with Gasteiger partial charge in [-0.25, -0.2) is 0 Å². The van der Waals surface area contributed by atoms with E-state index in [1.165, 1.54) is 64.2 Å². The summed E-state index contributed by atoms with van der Waals surface area (Å²) in [5, 5.41) is 0. The molecular formula is C38H69NO8. The van der Waals surface area contributed by atoms with Gasteiger partial charge >= 0.3 is 23.9 Å². The Morgan fingerprint density at radius 3 is 1.96 bits per heavy atom. The van der Waals surface area contributed by atoms with Crippen LogP contribution in [-0.4, -0.2) is 72.3 Å². The molecular weight excluding hydrogens is 598 g/mol. The molecule has 0 saturated carbocycles. The van der Waals surface area contributed by atoms with Crippen LogP contribution in [-0.2, 0) is 38.1 Å². The zero-order chi connectivity index (χ0) is 35.0. The second kappa shape index (κ2) is 25.8. The van der Waals surface area contributed by atoms with Gasteiger partial charge in [-0.15, -0.1) is 0 Å². The summed E-state index contributed by atoms with van der Waals surface area (Å²) >= 11 is 0. The molecule has 9 nitrogen and oxygen atoms in total. The minimum absolute atomic E-state index is 0.00168. The van der Waals surface area contributed by atoms with Crippen LogP contribution in [0.2, 0.25) is 0 Å². The summed E-state index contributed by atoms with van der Waals surface area (Å²) < 4.78 is 22.7. The van der Waals surface area contributed by atoms with Crippen LogP contribution in [0.5, 0.6) is 0 Å². The molecule has 1 aliphatic rings. The average Bonchev–Trinajstić information content (AvgIpc) is 3.01. The highest BCUT2D eigenvalue weighted by Gasteiger charge is 2.36. The van der Waals surface area contributed by atoms with Crippen molar-refractivity contribution in [3.63, 3.8) is 0 Å². The molecule has 0 radical (unpaired) electrons. The van der Waals surface area contributed by atoms with Crippen LogP contribution in [0, 0.1) is 5.92 Å². The third-order valence-electron chi connectivity index (χ3n) is 9.23. The average molecular weight is 668 g/mol. The number of esters is 4. The largest absolute Gasteiger partial charge is 0.466 e. The van der Waals surface area contributed by atoms with E-state index in [0.717, 1.165) is 12.5 Å². The first kappa shape index (κ1) is 42.9. The van der Waals surface area contributed by atoms with Crippen LogP contribution in [0.1, 0.15) is 170 Å². The number of rotatable bonds is 26. The number of hydrogen-bond donors (Lipinski definition) is 0. The molecule has 47 heavy (non-hydrogen) atoms. The molecule has 3 unspecified atom stereocenters. The Kier molecular flexibility index (Phi) is 23.5. The Morgan fingerprint density at radius 1 is 0.681 bits per heavy atom. The summed E-state index contributed by atoms with van der Waals surface area (Å²) in [5.41, 5.74) is 0. The minimum Gasteiger partial charge on any atom is -0.466 e. The van der Waals surface area contributed by atoms with Gasteiger partial charge in [-0.1, -0.05) is 79.6 Å². The Balaban J connectivity index is 2.91. The number of carbonyl (C=O) groups excluding carboxylic acids is 4. The maximum absolute atomic E-state index is 13.1. The second-order valence-electron chi connectivity index (χ2n) is 13.6. The lowest BCUT2D eigenvalue weighted by Gasteiger charge is -2.42. The fourth-order valence-electron chi connectivity index (χ4n) is 6.77. The van der Waals surface area contributed by atoms with E-state index >= 15 is 0 Å². The van der Waals surface area contributed by atoms with Crippen molar-refractivity contribution in [3.05, 3.63) is 0 Å². The molecule has 1 saturated heterocycles. The summed E-state index contributed by atoms with van der Waals surface area (Å²) in [6.45, 7) is 15.0. The van der Waals surface area contributed by atoms with Crippen LogP contribution >= 0.6 is 0 Å². The monoisotopic (exact) mass is 668 g/mol. The van der Waals surface area contributed by atoms with Crippen molar-refractivity contribution in [2.24, 2.45) is 5.92 Å². The molecule has 0 spiro atoms. The van der Waals surface area contributed by atoms with Crippen molar-refractivity contribution < 1.29 is 38.1 Å². The van der Waals surface area contributed by atoms with E-state index in [2.05, 4.69) is 25.7 Å². The smallest absolute Gasteiger partial charge is 0.306 e. The topological polar surface area (TPSA) is 108 Å². The zero-order valence-electron chi connectivity index (χ0n) is 31.0. The predicted octanol–water partition coefficient (Wildman–Crippen LogP) is 8.49. The molecule has 0 aromatic heterocycles. The van der Waals surface area contributed by atoms with Crippen molar-refractivity contribution in [1.29, 1.82) is 0 Å². The van der Waals surface area contributed by atoms with Gasteiger partial charge in [0.2, 0.25) is 0 Å². The number of unbranched alkanes of at least 4 members (excludes halogenated alkanes) is 2. The van der Waals surface area contributed by atoms with Crippen molar-refractivity contribution in [1.82, 2.24) is 4.90 Å². The SMILES string of the molecule is CCCCCC(CCC)CC1CCCC(C)N1CCCC(=O)O[C@@H](C)[C@@H](OC(=O)CCC)[C@@H](CCOC(=O)CCC)OC(=O)CCC. The van der Waals surface area contributed by atoms with E-state index in [4.69, 9.17) is 18.9 Å². The second-order valence-corrected chi connectivity index (χ2v) is 13.6. The quantitative estimate of drug-likeness (QED) is 0.0510. The lowest BCUT2D eigenvalue weighted by molar-refractivity contribution is -0.186. The van der Waals surface area contributed by atoms with E-state index in [1.54, 1.807) is 6.92 Å². The van der Waals surface area contributed by atoms with Crippen molar-refractivity contribution in [2.75, 3.05) is 13.2 Å². The van der Waals surface area contributed by atoms with Gasteiger partial charge in [-0.2, -0.15) is 0 Å². The molecule has 1 rings (SSSR count). The Labute approximate surface area is 286 Å². The summed E-state index contributed by atoms with van der Waals surface area (Å²) in [7, 11) is 0. The van der Waals surface area contributed by atoms with Crippen LogP contribution in [0.15, 0.2) is 0 Å². The molecule has 6 atom stereocenters. The number of likely N-dealkylation sites (tertiary alicyclic amines) is 1. The van der Waals surface area contributed by atoms with E-state index in [0.29, 0.717) is 44.2 Å². The predicted molar refractivity (Wildman–Crippen MR) is 186 cm³/mol. The molecule has 1 fully saturated rings. The summed E-state index contributed by atoms with van der Waals surface area (Å²) in [4.78, 5) is 52.9. The zero-order valence-corrected chi connectivity index (χ0v) is 31.0. The Hall–Kier alpha value is -2.16. The number of piperidine rings is 1. The number of nitrogens with zero attached hydrogens (tertiary/aromatic N) is 1. The van der Waals surface area contributed by atoms with Crippen LogP contribution in [0.25, 0.3) is 0 Å². The van der Waals surface area contributed by atoms with E-state index in [-0.39, 0.29) is 44.2 Å². The van der Waals surface area contributed by atoms with Gasteiger partial charge in [-0.05, 0) is 71.3 Å². The highest BCUT2D eigenvalue weighted by atomic mass is 16.6. The summed E-state index contributed by atoms with van der Waals surface area (Å²) in [5.74, 6) is -0.846. The van der Waals surface area contributed by atoms with Crippen LogP contribution < -0.4 is 0 Å². The van der Waals surface area contributed by atoms with Gasteiger partial charge in [0.25, 0.3) is 0 Å². The molecule has 0 amide bonds. The molecule has 0 aromatic carbocycles. The lowest BCUT2D eigenvalue weighted by Crippen LogP contribution is -2.46. The lowest BCUT2D eigenvalue weighted by atomic mass is 9.85. The van der Waals surface area contributed by atoms with Gasteiger partial charge in [-0.3, -0.25) is 24.1 Å². The third-order valence-corrected chi connectivity index (χ3v) is 9.23. The molecule has 0 aliphatic carbocycles. The van der Waals surface area contributed by atoms with Crippen LogP contribution in [0.3, 0.4) is 0 Å². The molecule has 0 N–H and O–H groups in total. The van der Waals surface area contributed by atoms with Gasteiger partial charge in [0.05, 0.1) is 6.61 Å². The number of carbonyl (C=O) groups is 4. The van der Waals surface area contributed by atoms with Crippen molar-refractivity contribution >= 4 is 23.9 Å². The number of hydrogen-bond acceptors (Lipinski definition) is 9. The maximum atomic E-state index is 13.1. The van der Waals surface area contributed by atoms with E-state index in [1.807, 2.05) is 20.8 Å². The minimum atomic E-state index is -1.02. The fourth-order valence-corrected chi connectivity index (χ4v) is 6.77. The molecule has 0 aromatic rings. The summed E-state index contributed by atoms with van der Waals surface area (Å²) in [6, 6.07) is 1.05. The standard InChI is InChI=1S/C38H69NO8/c1-8-13-14-22-31(17-9-2)28-32-23-15-21-29(6)39(32)26-16-24-37(43)45-30(7)38(47-36(42)20-12-5)33(46-35(41)19-11-4)25-27-44-34(40)18-10-3/h29-33,38H,8-28H2,1-7H3/t29?,30-,31?,32?,33+,38+/m0/s1. The highest BCUT2D eigenvalue weighted by Crippen LogP contribution is 2.31. The molecule has 1 heterocycles. The first-order valence-electron chi connectivity index (χ1n) is 19.1. The molecule has 9 heteroatoms. The Morgan fingerprint density at radius 2 is 1.32 bits per heavy atom. The number of ether oxygens (including phenoxy) is 4. The third kappa shape index (κ3) is 18.3. The molecule has 274 valence electrons. The van der Waals surface area contributed by atoms with E-state index in [9.17, 15) is 19.2 Å². The highest BCUT2D eigenvalue weighted by molar-refractivity contribution is 5.71. The van der Waals surface area contributed by atoms with Crippen molar-refractivity contribution in [2.45, 2.75) is 201 Å². The van der Waals surface area contributed by atoms with Gasteiger partial charge in [0.1, 0.15) is 12.2 Å². The Bertz CT molecular complexity index is 880. The van der Waals surface area contributed by atoms with E-state index < -0.39 is 30.3 Å².